The molecule has 0 saturated heterocycles. The summed E-state index contributed by atoms with van der Waals surface area (Å²) in [4.78, 5) is 0. The molecule has 18 heavy (non-hydrogen) atoms. The molecule has 0 aliphatic carbocycles. The van der Waals surface area contributed by atoms with E-state index >= 15 is 0 Å². The highest BCUT2D eigenvalue weighted by atomic mass is 19.1. The Morgan fingerprint density at radius 1 is 1.17 bits per heavy atom. The van der Waals surface area contributed by atoms with Gasteiger partial charge in [-0.25, -0.2) is 4.39 Å². The molecule has 0 bridgehead atoms. The van der Waals surface area contributed by atoms with E-state index in [2.05, 4.69) is 11.4 Å². The monoisotopic (exact) mass is 243 g/mol. The highest BCUT2D eigenvalue weighted by Gasteiger charge is 2.22. The van der Waals surface area contributed by atoms with Gasteiger partial charge < -0.3 is 10.1 Å². The third-order valence-corrected chi connectivity index (χ3v) is 3.34. The number of benzene rings is 2. The van der Waals surface area contributed by atoms with Crippen LogP contribution in [-0.4, -0.2) is 7.11 Å². The largest absolute Gasteiger partial charge is 0.497 e. The van der Waals surface area contributed by atoms with E-state index in [1.165, 1.54) is 17.7 Å². The maximum atomic E-state index is 12.9. The van der Waals surface area contributed by atoms with E-state index < -0.39 is 0 Å². The molecule has 1 aliphatic heterocycles. The normalized spacial score (nSPS) is 17.1. The Bertz CT molecular complexity index is 565. The first-order valence-electron chi connectivity index (χ1n) is 5.95. The number of halogens is 1. The second kappa shape index (κ2) is 4.33. The Morgan fingerprint density at radius 2 is 1.94 bits per heavy atom. The molecule has 0 fully saturated rings. The van der Waals surface area contributed by atoms with Crippen molar-refractivity contribution < 1.29 is 9.13 Å². The van der Waals surface area contributed by atoms with E-state index in [4.69, 9.17) is 4.74 Å². The average Bonchev–Trinajstić information content (AvgIpc) is 2.82. The summed E-state index contributed by atoms with van der Waals surface area (Å²) in [6.07, 6.45) is 0.922. The molecular formula is C15H14FNO. The molecule has 3 rings (SSSR count). The van der Waals surface area contributed by atoms with Crippen molar-refractivity contribution in [2.45, 2.75) is 12.5 Å². The number of methoxy groups -OCH3 is 1. The average molecular weight is 243 g/mol. The van der Waals surface area contributed by atoms with E-state index in [0.29, 0.717) is 0 Å². The van der Waals surface area contributed by atoms with Crippen LogP contribution in [0.15, 0.2) is 42.5 Å². The molecule has 92 valence electrons. The van der Waals surface area contributed by atoms with Gasteiger partial charge in [-0.05, 0) is 35.7 Å². The first kappa shape index (κ1) is 11.1. The number of ether oxygens (including phenoxy) is 1. The third-order valence-electron chi connectivity index (χ3n) is 3.34. The molecule has 1 N–H and O–H groups in total. The molecule has 1 atom stereocenters. The van der Waals surface area contributed by atoms with Crippen LogP contribution in [0.25, 0.3) is 0 Å². The van der Waals surface area contributed by atoms with Crippen molar-refractivity contribution in [3.63, 3.8) is 0 Å². The van der Waals surface area contributed by atoms with Gasteiger partial charge in [-0.3, -0.25) is 0 Å². The molecule has 0 amide bonds. The molecule has 2 nitrogen and oxygen atoms in total. The van der Waals surface area contributed by atoms with Crippen LogP contribution in [0.4, 0.5) is 10.1 Å². The molecule has 2 aromatic rings. The number of nitrogens with one attached hydrogen (secondary N) is 1. The molecule has 1 unspecified atom stereocenters. The lowest BCUT2D eigenvalue weighted by Gasteiger charge is -2.11. The maximum absolute atomic E-state index is 12.9. The molecule has 0 aromatic heterocycles. The van der Waals surface area contributed by atoms with Crippen molar-refractivity contribution in [1.29, 1.82) is 0 Å². The number of hydrogen-bond acceptors (Lipinski definition) is 2. The fraction of sp³-hybridized carbons (Fsp3) is 0.200. The van der Waals surface area contributed by atoms with Crippen LogP contribution in [0.3, 0.4) is 0 Å². The Labute approximate surface area is 105 Å². The molecule has 0 radical (unpaired) electrons. The minimum absolute atomic E-state index is 0.198. The Morgan fingerprint density at radius 3 is 2.67 bits per heavy atom. The van der Waals surface area contributed by atoms with Crippen LogP contribution in [0.2, 0.25) is 0 Å². The van der Waals surface area contributed by atoms with Gasteiger partial charge in [0, 0.05) is 11.8 Å². The lowest BCUT2D eigenvalue weighted by molar-refractivity contribution is 0.415. The van der Waals surface area contributed by atoms with Crippen molar-refractivity contribution in [1.82, 2.24) is 0 Å². The van der Waals surface area contributed by atoms with Gasteiger partial charge in [0.25, 0.3) is 0 Å². The summed E-state index contributed by atoms with van der Waals surface area (Å²) in [5.41, 5.74) is 3.47. The first-order valence-corrected chi connectivity index (χ1v) is 5.95. The quantitative estimate of drug-likeness (QED) is 0.871. The summed E-state index contributed by atoms with van der Waals surface area (Å²) < 4.78 is 18.1. The zero-order valence-corrected chi connectivity index (χ0v) is 10.1. The van der Waals surface area contributed by atoms with Gasteiger partial charge in [0.2, 0.25) is 0 Å². The fourth-order valence-corrected chi connectivity index (χ4v) is 2.35. The van der Waals surface area contributed by atoms with Crippen molar-refractivity contribution in [3.05, 3.63) is 59.4 Å². The van der Waals surface area contributed by atoms with Gasteiger partial charge in [-0.1, -0.05) is 18.2 Å². The van der Waals surface area contributed by atoms with Crippen molar-refractivity contribution >= 4 is 5.69 Å². The van der Waals surface area contributed by atoms with Gasteiger partial charge in [0.15, 0.2) is 0 Å². The van der Waals surface area contributed by atoms with Crippen LogP contribution in [0, 0.1) is 5.82 Å². The summed E-state index contributed by atoms with van der Waals surface area (Å²) in [7, 11) is 1.66. The second-order valence-electron chi connectivity index (χ2n) is 4.48. The maximum Gasteiger partial charge on any atom is 0.123 e. The van der Waals surface area contributed by atoms with Gasteiger partial charge in [0.05, 0.1) is 13.2 Å². The minimum Gasteiger partial charge on any atom is -0.497 e. The third kappa shape index (κ3) is 1.92. The number of fused-ring (bicyclic) bond motifs is 1. The van der Waals surface area contributed by atoms with Crippen LogP contribution in [0.5, 0.6) is 5.75 Å². The number of hydrogen-bond donors (Lipinski definition) is 1. The number of anilines is 1. The van der Waals surface area contributed by atoms with E-state index in [1.807, 2.05) is 24.3 Å². The first-order chi connectivity index (χ1) is 8.76. The summed E-state index contributed by atoms with van der Waals surface area (Å²) in [6.45, 7) is 0. The predicted octanol–water partition coefficient (Wildman–Crippen LogP) is 3.54. The molecule has 1 aliphatic rings. The van der Waals surface area contributed by atoms with Crippen LogP contribution in [-0.2, 0) is 6.42 Å². The van der Waals surface area contributed by atoms with Crippen molar-refractivity contribution in [2.24, 2.45) is 0 Å². The smallest absolute Gasteiger partial charge is 0.123 e. The zero-order valence-electron chi connectivity index (χ0n) is 10.1. The Kier molecular flexibility index (Phi) is 2.67. The fourth-order valence-electron chi connectivity index (χ4n) is 2.35. The summed E-state index contributed by atoms with van der Waals surface area (Å²) in [5, 5.41) is 3.44. The van der Waals surface area contributed by atoms with E-state index in [9.17, 15) is 4.39 Å². The molecule has 0 spiro atoms. The lowest BCUT2D eigenvalue weighted by Crippen LogP contribution is -2.05. The van der Waals surface area contributed by atoms with E-state index in [-0.39, 0.29) is 11.9 Å². The lowest BCUT2D eigenvalue weighted by atomic mass is 10.0. The molecule has 3 heteroatoms. The van der Waals surface area contributed by atoms with Gasteiger partial charge in [-0.2, -0.15) is 0 Å². The number of rotatable bonds is 2. The zero-order chi connectivity index (χ0) is 12.5. The van der Waals surface area contributed by atoms with E-state index in [1.54, 1.807) is 7.11 Å². The van der Waals surface area contributed by atoms with Crippen molar-refractivity contribution in [3.8, 4) is 5.75 Å². The molecule has 2 aromatic carbocycles. The minimum atomic E-state index is -0.198. The highest BCUT2D eigenvalue weighted by Crippen LogP contribution is 2.36. The van der Waals surface area contributed by atoms with E-state index in [0.717, 1.165) is 23.4 Å². The summed E-state index contributed by atoms with van der Waals surface area (Å²) in [5.74, 6) is 0.650. The standard InChI is InChI=1S/C15H14FNO/c1-18-13-7-4-11-8-14(17-15(11)9-13)10-2-5-12(16)6-3-10/h2-7,9,14,17H,8H2,1H3. The highest BCUT2D eigenvalue weighted by molar-refractivity contribution is 5.61. The summed E-state index contributed by atoms with van der Waals surface area (Å²) >= 11 is 0. The molecule has 0 saturated carbocycles. The van der Waals surface area contributed by atoms with Gasteiger partial charge in [-0.15, -0.1) is 0 Å². The predicted molar refractivity (Wildman–Crippen MR) is 69.5 cm³/mol. The SMILES string of the molecule is COc1ccc2c(c1)NC(c1ccc(F)cc1)C2. The second-order valence-corrected chi connectivity index (χ2v) is 4.48. The molecular weight excluding hydrogens is 229 g/mol. The van der Waals surface area contributed by atoms with Crippen LogP contribution in [0.1, 0.15) is 17.2 Å². The van der Waals surface area contributed by atoms with Crippen LogP contribution < -0.4 is 10.1 Å². The topological polar surface area (TPSA) is 21.3 Å². The van der Waals surface area contributed by atoms with Gasteiger partial charge >= 0.3 is 0 Å². The van der Waals surface area contributed by atoms with Crippen molar-refractivity contribution in [2.75, 3.05) is 12.4 Å². The summed E-state index contributed by atoms with van der Waals surface area (Å²) in [6, 6.07) is 12.9. The molecule has 1 heterocycles. The Balaban J connectivity index is 1.86. The van der Waals surface area contributed by atoms with Crippen LogP contribution >= 0.6 is 0 Å². The van der Waals surface area contributed by atoms with Gasteiger partial charge in [0.1, 0.15) is 11.6 Å². The Hall–Kier alpha value is -2.03.